The van der Waals surface area contributed by atoms with Crippen LogP contribution in [-0.2, 0) is 20.9 Å². The largest absolute Gasteiger partial charge is 0.465 e. The second kappa shape index (κ2) is 10.9. The molecule has 0 spiro atoms. The number of carbonyl (C=O) groups is 2. The molecule has 1 heterocycles. The zero-order chi connectivity index (χ0) is 21.4. The highest BCUT2D eigenvalue weighted by molar-refractivity contribution is 8.00. The number of hydrogen-bond acceptors (Lipinski definition) is 7. The number of anilines is 2. The summed E-state index contributed by atoms with van der Waals surface area (Å²) in [5.41, 5.74) is 4.80. The number of nitrogen functional groups attached to an aromatic ring is 1. The number of rotatable bonds is 10. The van der Waals surface area contributed by atoms with Gasteiger partial charge in [-0.15, -0.1) is 11.8 Å². The molecule has 0 bridgehead atoms. The zero-order valence-corrected chi connectivity index (χ0v) is 17.9. The molecule has 0 radical (unpaired) electrons. The Labute approximate surface area is 168 Å². The highest BCUT2D eigenvalue weighted by Crippen LogP contribution is 2.20. The van der Waals surface area contributed by atoms with E-state index in [0.717, 1.165) is 11.8 Å². The fourth-order valence-corrected chi connectivity index (χ4v) is 3.25. The molecule has 0 aliphatic carbocycles. The Morgan fingerprint density at radius 2 is 1.82 bits per heavy atom. The van der Waals surface area contributed by atoms with Gasteiger partial charge < -0.3 is 15.4 Å². The lowest BCUT2D eigenvalue weighted by molar-refractivity contribution is -0.139. The van der Waals surface area contributed by atoms with E-state index < -0.39 is 17.2 Å². The molecule has 0 aromatic carbocycles. The van der Waals surface area contributed by atoms with Crippen molar-refractivity contribution in [3.63, 3.8) is 0 Å². The van der Waals surface area contributed by atoms with Crippen LogP contribution in [0.1, 0.15) is 34.6 Å². The van der Waals surface area contributed by atoms with Crippen molar-refractivity contribution in [2.24, 2.45) is 11.8 Å². The lowest BCUT2D eigenvalue weighted by atomic mass is 10.2. The second-order valence-electron chi connectivity index (χ2n) is 7.19. The average Bonchev–Trinajstić information content (AvgIpc) is 2.57. The maximum atomic E-state index is 12.8. The average molecular weight is 415 g/mol. The van der Waals surface area contributed by atoms with E-state index in [1.54, 1.807) is 6.92 Å². The predicted octanol–water partition coefficient (Wildman–Crippen LogP) is 1.06. The summed E-state index contributed by atoms with van der Waals surface area (Å²) in [5, 5.41) is 0. The predicted molar refractivity (Wildman–Crippen MR) is 112 cm³/mol. The summed E-state index contributed by atoms with van der Waals surface area (Å²) in [6.45, 7) is 10.2. The number of amides is 1. The fourth-order valence-electron chi connectivity index (χ4n) is 2.57. The highest BCUT2D eigenvalue weighted by Gasteiger charge is 2.25. The number of nitrogens with zero attached hydrogens (tertiary/aromatic N) is 2. The molecule has 0 saturated heterocycles. The molecule has 0 aliphatic rings. The van der Waals surface area contributed by atoms with Crippen LogP contribution < -0.4 is 21.9 Å². The Hall–Kier alpha value is -2.23. The Morgan fingerprint density at radius 3 is 2.36 bits per heavy atom. The highest BCUT2D eigenvalue weighted by atomic mass is 32.2. The van der Waals surface area contributed by atoms with Gasteiger partial charge in [-0.2, -0.15) is 0 Å². The lowest BCUT2D eigenvalue weighted by Gasteiger charge is -2.26. The van der Waals surface area contributed by atoms with E-state index in [0.29, 0.717) is 6.54 Å². The van der Waals surface area contributed by atoms with Gasteiger partial charge in [0.25, 0.3) is 5.56 Å². The van der Waals surface area contributed by atoms with Gasteiger partial charge in [0.1, 0.15) is 5.82 Å². The number of hydrogen-bond donors (Lipinski definition) is 2. The third-order valence-electron chi connectivity index (χ3n) is 3.63. The molecule has 1 amide bonds. The van der Waals surface area contributed by atoms with Crippen molar-refractivity contribution >= 4 is 35.1 Å². The van der Waals surface area contributed by atoms with Crippen LogP contribution in [0.2, 0.25) is 0 Å². The molecular weight excluding hydrogens is 384 g/mol. The summed E-state index contributed by atoms with van der Waals surface area (Å²) in [6.07, 6.45) is 0. The van der Waals surface area contributed by atoms with Gasteiger partial charge >= 0.3 is 11.7 Å². The SMILES string of the molecule is CCOC(=O)CSCC(=O)N(CC(C)C)c1c(N)n(CC(C)C)c(=O)[nH]c1=O. The molecule has 1 rings (SSSR count). The number of H-pyrrole nitrogens is 1. The molecule has 3 N–H and O–H groups in total. The molecule has 1 aromatic rings. The summed E-state index contributed by atoms with van der Waals surface area (Å²) in [4.78, 5) is 52.4. The van der Waals surface area contributed by atoms with E-state index in [2.05, 4.69) is 4.98 Å². The first kappa shape index (κ1) is 23.8. The first-order valence-corrected chi connectivity index (χ1v) is 10.4. The van der Waals surface area contributed by atoms with Crippen LogP contribution in [0.15, 0.2) is 9.59 Å². The van der Waals surface area contributed by atoms with Crippen LogP contribution in [0.5, 0.6) is 0 Å². The van der Waals surface area contributed by atoms with Gasteiger partial charge in [-0.05, 0) is 18.8 Å². The van der Waals surface area contributed by atoms with Crippen LogP contribution in [0, 0.1) is 11.8 Å². The maximum Gasteiger partial charge on any atom is 0.330 e. The standard InChI is InChI=1S/C18H30N4O5S/c1-6-27-14(24)10-28-9-13(23)21(7-11(2)3)15-16(19)22(8-12(4)5)18(26)20-17(15)25/h11-12H,6-10,19H2,1-5H3,(H,20,25,26). The number of carbonyl (C=O) groups excluding carboxylic acids is 2. The first-order chi connectivity index (χ1) is 13.1. The minimum absolute atomic E-state index is 0.0201. The monoisotopic (exact) mass is 414 g/mol. The lowest BCUT2D eigenvalue weighted by Crippen LogP contribution is -2.43. The van der Waals surface area contributed by atoms with Gasteiger partial charge in [-0.1, -0.05) is 27.7 Å². The molecular formula is C18H30N4O5S. The van der Waals surface area contributed by atoms with E-state index in [1.807, 2.05) is 27.7 Å². The molecule has 0 aliphatic heterocycles. The number of ether oxygens (including phenoxy) is 1. The summed E-state index contributed by atoms with van der Waals surface area (Å²) in [6, 6.07) is 0. The van der Waals surface area contributed by atoms with E-state index in [9.17, 15) is 19.2 Å². The van der Waals surface area contributed by atoms with Gasteiger partial charge in [0.2, 0.25) is 5.91 Å². The molecule has 0 atom stereocenters. The third-order valence-corrected chi connectivity index (χ3v) is 4.52. The molecule has 10 heteroatoms. The number of esters is 1. The summed E-state index contributed by atoms with van der Waals surface area (Å²) >= 11 is 1.10. The molecule has 158 valence electrons. The van der Waals surface area contributed by atoms with Crippen molar-refractivity contribution in [3.05, 3.63) is 20.8 Å². The maximum absolute atomic E-state index is 12.8. The van der Waals surface area contributed by atoms with Crippen LogP contribution in [0.4, 0.5) is 11.5 Å². The topological polar surface area (TPSA) is 127 Å². The van der Waals surface area contributed by atoms with Gasteiger partial charge in [-0.25, -0.2) is 4.79 Å². The summed E-state index contributed by atoms with van der Waals surface area (Å²) < 4.78 is 6.11. The number of aromatic nitrogens is 2. The molecule has 1 aromatic heterocycles. The van der Waals surface area contributed by atoms with E-state index >= 15 is 0 Å². The molecule has 0 fully saturated rings. The Bertz CT molecular complexity index is 800. The molecule has 0 unspecified atom stereocenters. The van der Waals surface area contributed by atoms with Gasteiger partial charge in [-0.3, -0.25) is 23.9 Å². The number of nitrogens with two attached hydrogens (primary N) is 1. The van der Waals surface area contributed by atoms with Crippen LogP contribution in [0.25, 0.3) is 0 Å². The van der Waals surface area contributed by atoms with Crippen molar-refractivity contribution in [3.8, 4) is 0 Å². The molecule has 9 nitrogen and oxygen atoms in total. The zero-order valence-electron chi connectivity index (χ0n) is 17.1. The minimum atomic E-state index is -0.702. The number of thioether (sulfide) groups is 1. The van der Waals surface area contributed by atoms with E-state index in [4.69, 9.17) is 10.5 Å². The minimum Gasteiger partial charge on any atom is -0.465 e. The smallest absolute Gasteiger partial charge is 0.330 e. The van der Waals surface area contributed by atoms with Crippen molar-refractivity contribution in [2.45, 2.75) is 41.2 Å². The van der Waals surface area contributed by atoms with E-state index in [-0.39, 0.29) is 53.9 Å². The van der Waals surface area contributed by atoms with Crippen LogP contribution in [0.3, 0.4) is 0 Å². The van der Waals surface area contributed by atoms with Crippen molar-refractivity contribution in [1.29, 1.82) is 0 Å². The van der Waals surface area contributed by atoms with Crippen molar-refractivity contribution in [2.75, 3.05) is 35.3 Å². The van der Waals surface area contributed by atoms with Crippen LogP contribution in [-0.4, -0.2) is 46.1 Å². The van der Waals surface area contributed by atoms with Crippen LogP contribution >= 0.6 is 11.8 Å². The molecule has 0 saturated carbocycles. The van der Waals surface area contributed by atoms with Gasteiger partial charge in [0, 0.05) is 13.1 Å². The third kappa shape index (κ3) is 6.74. The summed E-state index contributed by atoms with van der Waals surface area (Å²) in [7, 11) is 0. The number of nitrogens with one attached hydrogen (secondary N) is 1. The second-order valence-corrected chi connectivity index (χ2v) is 8.18. The first-order valence-electron chi connectivity index (χ1n) is 9.24. The van der Waals surface area contributed by atoms with Gasteiger partial charge in [0.05, 0.1) is 18.1 Å². The van der Waals surface area contributed by atoms with E-state index in [1.165, 1.54) is 9.47 Å². The Morgan fingerprint density at radius 1 is 1.18 bits per heavy atom. The van der Waals surface area contributed by atoms with Crippen molar-refractivity contribution < 1.29 is 14.3 Å². The normalized spacial score (nSPS) is 11.1. The Balaban J connectivity index is 3.19. The fraction of sp³-hybridized carbons (Fsp3) is 0.667. The molecule has 28 heavy (non-hydrogen) atoms. The quantitative estimate of drug-likeness (QED) is 0.548. The Kier molecular flexibility index (Phi) is 9.30. The van der Waals surface area contributed by atoms with Gasteiger partial charge in [0.15, 0.2) is 5.69 Å². The van der Waals surface area contributed by atoms with Crippen molar-refractivity contribution in [1.82, 2.24) is 9.55 Å². The number of aromatic amines is 1. The summed E-state index contributed by atoms with van der Waals surface area (Å²) in [5.74, 6) is -0.613.